The van der Waals surface area contributed by atoms with Crippen LogP contribution in [0.3, 0.4) is 0 Å². The lowest BCUT2D eigenvalue weighted by Gasteiger charge is -2.49. The molecule has 1 aromatic rings. The first-order chi connectivity index (χ1) is 30.5. The molecule has 0 radical (unpaired) electrons. The number of aliphatic hydroxyl groups excluding tert-OH is 1. The third-order valence-corrected chi connectivity index (χ3v) is 15.9. The lowest BCUT2D eigenvalue weighted by molar-refractivity contribution is -0.309. The van der Waals surface area contributed by atoms with Gasteiger partial charge in [-0.05, 0) is 105 Å². The first-order valence-corrected chi connectivity index (χ1v) is 24.5. The number of hydrogen-bond acceptors (Lipinski definition) is 13. The topological polar surface area (TPSA) is 152 Å². The SMILES string of the molecule is CCCN(C)[C@@H]1C[C@H](O[C@@H]2[C@@H](C)[C@H](O[C@H]3C[C@@](C)(OC)[C@@H](O)[C@H](C)O3)[C@@H](C)C(=O)O[C@@H](CC)[C@@]3(C)OC(=O)N(CCc4ccc(Cl)c(Cl)c4)[C@@H]3[C@H](C)C(=O)[C@H](C)C[C@]2(C)OC)O[C@H](C)C1. The molecule has 16 heteroatoms. The molecule has 370 valence electrons. The number of nitrogens with zero attached hydrogens (tertiary/aromatic N) is 2. The average molecular weight is 958 g/mol. The van der Waals surface area contributed by atoms with Crippen LogP contribution in [0.5, 0.6) is 0 Å². The normalized spacial score (nSPS) is 41.2. The van der Waals surface area contributed by atoms with Gasteiger partial charge < -0.3 is 47.9 Å². The van der Waals surface area contributed by atoms with E-state index in [-0.39, 0.29) is 43.7 Å². The molecule has 0 bridgehead atoms. The third kappa shape index (κ3) is 11.7. The summed E-state index contributed by atoms with van der Waals surface area (Å²) in [5, 5.41) is 11.9. The molecule has 4 fully saturated rings. The second-order valence-electron chi connectivity index (χ2n) is 20.1. The number of halogens is 2. The maximum atomic E-state index is 15.1. The van der Waals surface area contributed by atoms with E-state index in [2.05, 4.69) is 18.9 Å². The highest BCUT2D eigenvalue weighted by atomic mass is 35.5. The molecule has 1 N–H and O–H groups in total. The largest absolute Gasteiger partial charge is 0.458 e. The lowest BCUT2D eigenvalue weighted by Crippen LogP contribution is -2.60. The number of Topliss-reactive ketones (excluding diaryl/α,β-unsaturated/α-hetero) is 1. The number of esters is 1. The number of aliphatic hydroxyl groups is 1. The van der Waals surface area contributed by atoms with Crippen molar-refractivity contribution in [2.24, 2.45) is 23.7 Å². The van der Waals surface area contributed by atoms with Crippen molar-refractivity contribution in [2.75, 3.05) is 34.4 Å². The average Bonchev–Trinajstić information content (AvgIpc) is 3.53. The molecular formula is C49H78Cl2N2O12. The van der Waals surface area contributed by atoms with Crippen LogP contribution >= 0.6 is 23.2 Å². The van der Waals surface area contributed by atoms with E-state index >= 15 is 4.79 Å². The smallest absolute Gasteiger partial charge is 0.410 e. The second-order valence-corrected chi connectivity index (χ2v) is 20.9. The molecule has 1 amide bonds. The Kier molecular flexibility index (Phi) is 18.3. The van der Waals surface area contributed by atoms with Crippen LogP contribution in [0.15, 0.2) is 18.2 Å². The van der Waals surface area contributed by atoms with Gasteiger partial charge in [-0.3, -0.25) is 14.5 Å². The maximum Gasteiger partial charge on any atom is 0.410 e. The number of hydrogen-bond donors (Lipinski definition) is 1. The Morgan fingerprint density at radius 1 is 0.877 bits per heavy atom. The van der Waals surface area contributed by atoms with E-state index in [9.17, 15) is 14.7 Å². The fourth-order valence-electron chi connectivity index (χ4n) is 11.2. The van der Waals surface area contributed by atoms with Gasteiger partial charge in [-0.1, -0.05) is 63.9 Å². The zero-order valence-corrected chi connectivity index (χ0v) is 42.8. The zero-order chi connectivity index (χ0) is 48.3. The van der Waals surface area contributed by atoms with Gasteiger partial charge in [-0.25, -0.2) is 4.79 Å². The number of carbonyl (C=O) groups excluding carboxylic acids is 3. The maximum absolute atomic E-state index is 15.1. The van der Waals surface area contributed by atoms with Crippen molar-refractivity contribution < 1.29 is 57.4 Å². The van der Waals surface area contributed by atoms with Crippen molar-refractivity contribution in [1.29, 1.82) is 0 Å². The fourth-order valence-corrected chi connectivity index (χ4v) is 11.5. The van der Waals surface area contributed by atoms with Crippen molar-refractivity contribution in [3.05, 3.63) is 33.8 Å². The highest BCUT2D eigenvalue weighted by molar-refractivity contribution is 6.42. The summed E-state index contributed by atoms with van der Waals surface area (Å²) in [5.41, 5.74) is -2.74. The van der Waals surface area contributed by atoms with Crippen LogP contribution in [0.4, 0.5) is 4.79 Å². The predicted molar refractivity (Wildman–Crippen MR) is 248 cm³/mol. The van der Waals surface area contributed by atoms with Crippen LogP contribution in [-0.4, -0.2) is 145 Å². The van der Waals surface area contributed by atoms with Crippen LogP contribution in [0, 0.1) is 23.7 Å². The van der Waals surface area contributed by atoms with Gasteiger partial charge in [0.15, 0.2) is 18.2 Å². The minimum atomic E-state index is -1.43. The van der Waals surface area contributed by atoms with Crippen LogP contribution in [0.2, 0.25) is 10.0 Å². The van der Waals surface area contributed by atoms with E-state index in [0.29, 0.717) is 22.9 Å². The third-order valence-electron chi connectivity index (χ3n) is 15.1. The Morgan fingerprint density at radius 2 is 1.55 bits per heavy atom. The molecule has 4 heterocycles. The summed E-state index contributed by atoms with van der Waals surface area (Å²) in [4.78, 5) is 48.0. The molecule has 1 aromatic carbocycles. The van der Waals surface area contributed by atoms with Gasteiger partial charge in [0.25, 0.3) is 0 Å². The van der Waals surface area contributed by atoms with E-state index in [1.165, 1.54) is 0 Å². The van der Waals surface area contributed by atoms with Gasteiger partial charge in [-0.15, -0.1) is 0 Å². The number of fused-ring (bicyclic) bond motifs is 1. The van der Waals surface area contributed by atoms with Gasteiger partial charge in [0.2, 0.25) is 0 Å². The predicted octanol–water partition coefficient (Wildman–Crippen LogP) is 8.27. The van der Waals surface area contributed by atoms with E-state index < -0.39 is 102 Å². The number of benzene rings is 1. The first kappa shape index (κ1) is 53.8. The van der Waals surface area contributed by atoms with E-state index in [4.69, 9.17) is 61.1 Å². The van der Waals surface area contributed by atoms with Crippen molar-refractivity contribution in [3.8, 4) is 0 Å². The van der Waals surface area contributed by atoms with Crippen molar-refractivity contribution in [1.82, 2.24) is 9.80 Å². The minimum Gasteiger partial charge on any atom is -0.458 e. The Hall–Kier alpha value is -2.11. The second kappa shape index (κ2) is 22.1. The highest BCUT2D eigenvalue weighted by Crippen LogP contribution is 2.45. The van der Waals surface area contributed by atoms with Gasteiger partial charge in [0, 0.05) is 57.4 Å². The van der Waals surface area contributed by atoms with Crippen LogP contribution in [-0.2, 0) is 53.9 Å². The molecule has 0 aromatic heterocycles. The first-order valence-electron chi connectivity index (χ1n) is 23.7. The van der Waals surface area contributed by atoms with Crippen molar-refractivity contribution in [3.63, 3.8) is 0 Å². The van der Waals surface area contributed by atoms with E-state index in [1.807, 2.05) is 54.5 Å². The molecule has 0 saturated carbocycles. The molecule has 0 aliphatic carbocycles. The number of cyclic esters (lactones) is 1. The molecule has 14 nitrogen and oxygen atoms in total. The number of methoxy groups -OCH3 is 2. The Balaban J connectivity index is 1.61. The summed E-state index contributed by atoms with van der Waals surface area (Å²) < 4.78 is 52.2. The Bertz CT molecular complexity index is 1790. The molecule has 4 saturated heterocycles. The fraction of sp³-hybridized carbons (Fsp3) is 0.816. The summed E-state index contributed by atoms with van der Waals surface area (Å²) in [7, 11) is 5.27. The van der Waals surface area contributed by atoms with Gasteiger partial charge in [0.1, 0.15) is 18.0 Å². The quantitative estimate of drug-likeness (QED) is 0.189. The molecule has 0 spiro atoms. The molecule has 4 aliphatic rings. The molecule has 5 rings (SSSR count). The number of carbonyl (C=O) groups is 3. The highest BCUT2D eigenvalue weighted by Gasteiger charge is 2.60. The van der Waals surface area contributed by atoms with Crippen molar-refractivity contribution >= 4 is 41.0 Å². The van der Waals surface area contributed by atoms with Crippen LogP contribution in [0.1, 0.15) is 120 Å². The number of ether oxygens (including phenoxy) is 8. The van der Waals surface area contributed by atoms with Gasteiger partial charge in [-0.2, -0.15) is 0 Å². The molecule has 4 aliphatic heterocycles. The van der Waals surface area contributed by atoms with Gasteiger partial charge in [0.05, 0.1) is 57.6 Å². The summed E-state index contributed by atoms with van der Waals surface area (Å²) in [6, 6.07) is 4.69. The summed E-state index contributed by atoms with van der Waals surface area (Å²) >= 11 is 12.6. The lowest BCUT2D eigenvalue weighted by atomic mass is 9.73. The standard InChI is InChI=1S/C49H78Cl2N2O12/c1-15-20-52(12)34-22-28(4)60-38(24-34)64-44-30(6)41(63-39-26-47(9,58-13)43(55)32(8)61-39)31(7)45(56)62-37(16-2)49(11)42(29(5)40(54)27(3)25-48(44,10)59-14)53(46(57)65-49)21-19-33-17-18-35(50)36(51)23-33/h17-18,23,27-32,34,37-39,41-44,55H,15-16,19-22,24-26H2,1-14H3/t27-,28-,29-,30+,31-,32+,34+,37+,38+,39+,41+,42-,43+,44-,47-,48+,49-/m1/s1. The Morgan fingerprint density at radius 3 is 2.17 bits per heavy atom. The number of rotatable bonds is 13. The minimum absolute atomic E-state index is 0.102. The van der Waals surface area contributed by atoms with Crippen LogP contribution in [0.25, 0.3) is 0 Å². The summed E-state index contributed by atoms with van der Waals surface area (Å²) in [6.45, 7) is 21.9. The zero-order valence-electron chi connectivity index (χ0n) is 41.3. The number of ketones is 1. The van der Waals surface area contributed by atoms with E-state index in [1.54, 1.807) is 52.0 Å². The molecule has 0 unspecified atom stereocenters. The monoisotopic (exact) mass is 956 g/mol. The number of amides is 1. The molecule has 65 heavy (non-hydrogen) atoms. The molecular weight excluding hydrogens is 879 g/mol. The van der Waals surface area contributed by atoms with Crippen LogP contribution < -0.4 is 0 Å². The van der Waals surface area contributed by atoms with E-state index in [0.717, 1.165) is 24.9 Å². The van der Waals surface area contributed by atoms with Crippen molar-refractivity contribution in [2.45, 2.75) is 199 Å². The Labute approximate surface area is 397 Å². The summed E-state index contributed by atoms with van der Waals surface area (Å²) in [5.74, 6) is -3.62. The molecule has 17 atom stereocenters. The summed E-state index contributed by atoms with van der Waals surface area (Å²) in [6.07, 6.45) is -3.05. The van der Waals surface area contributed by atoms with Gasteiger partial charge >= 0.3 is 12.1 Å².